The van der Waals surface area contributed by atoms with Crippen LogP contribution in [0, 0.1) is 6.92 Å². The van der Waals surface area contributed by atoms with E-state index in [9.17, 15) is 14.4 Å². The van der Waals surface area contributed by atoms with E-state index >= 15 is 0 Å². The molecule has 2 heterocycles. The molecule has 1 aromatic carbocycles. The van der Waals surface area contributed by atoms with Crippen molar-refractivity contribution < 1.29 is 23.9 Å². The van der Waals surface area contributed by atoms with E-state index in [4.69, 9.17) is 9.47 Å². The van der Waals surface area contributed by atoms with Crippen LogP contribution in [0.25, 0.3) is 11.1 Å². The van der Waals surface area contributed by atoms with Crippen LogP contribution in [0.2, 0.25) is 0 Å². The maximum atomic E-state index is 12.9. The van der Waals surface area contributed by atoms with Crippen molar-refractivity contribution in [1.29, 1.82) is 0 Å². The molecule has 1 atom stereocenters. The van der Waals surface area contributed by atoms with Gasteiger partial charge >= 0.3 is 5.97 Å². The van der Waals surface area contributed by atoms with Crippen molar-refractivity contribution in [2.45, 2.75) is 32.8 Å². The number of aryl methyl sites for hydroxylation is 1. The van der Waals surface area contributed by atoms with Gasteiger partial charge in [-0.15, -0.1) is 0 Å². The third-order valence-electron chi connectivity index (χ3n) is 4.68. The number of Topliss-reactive ketones (excluding diaryl/α,β-unsaturated/α-hetero) is 1. The fraction of sp³-hybridized carbons (Fsp3) is 0.381. The lowest BCUT2D eigenvalue weighted by Gasteiger charge is -2.11. The Bertz CT molecular complexity index is 866. The summed E-state index contributed by atoms with van der Waals surface area (Å²) >= 11 is 0. The topological polar surface area (TPSA) is 97.5 Å². The summed E-state index contributed by atoms with van der Waals surface area (Å²) in [7, 11) is 0. The Morgan fingerprint density at radius 1 is 1.25 bits per heavy atom. The number of H-pyrrole nitrogens is 1. The molecule has 0 radical (unpaired) electrons. The first-order valence-electron chi connectivity index (χ1n) is 9.42. The standard InChI is InChI=1S/C21H24N2O5/c1-3-27-21(26)16-13(2)23-18(17(16)14-8-5-4-6-9-14)19(24)20(25)22-12-15-10-7-11-28-15/h4-6,8-9,15,23H,3,7,10-12H2,1-2H3,(H,22,25)/t15-/m1/s1. The fourth-order valence-corrected chi connectivity index (χ4v) is 3.35. The molecule has 28 heavy (non-hydrogen) atoms. The Labute approximate surface area is 163 Å². The molecule has 0 bridgehead atoms. The Balaban J connectivity index is 1.93. The van der Waals surface area contributed by atoms with Gasteiger partial charge in [-0.25, -0.2) is 4.79 Å². The number of ketones is 1. The van der Waals surface area contributed by atoms with Crippen LogP contribution in [-0.4, -0.2) is 48.5 Å². The van der Waals surface area contributed by atoms with Gasteiger partial charge in [-0.05, 0) is 32.3 Å². The van der Waals surface area contributed by atoms with Gasteiger partial charge in [-0.3, -0.25) is 9.59 Å². The quantitative estimate of drug-likeness (QED) is 0.434. The third-order valence-corrected chi connectivity index (χ3v) is 4.68. The van der Waals surface area contributed by atoms with E-state index in [1.54, 1.807) is 38.1 Å². The number of benzene rings is 1. The lowest BCUT2D eigenvalue weighted by atomic mass is 9.98. The van der Waals surface area contributed by atoms with E-state index in [0.717, 1.165) is 12.8 Å². The van der Waals surface area contributed by atoms with Crippen LogP contribution >= 0.6 is 0 Å². The molecule has 1 saturated heterocycles. The zero-order valence-electron chi connectivity index (χ0n) is 16.0. The van der Waals surface area contributed by atoms with E-state index < -0.39 is 17.7 Å². The predicted octanol–water partition coefficient (Wildman–Crippen LogP) is 2.64. The van der Waals surface area contributed by atoms with E-state index in [0.29, 0.717) is 23.4 Å². The lowest BCUT2D eigenvalue weighted by Crippen LogP contribution is -2.36. The minimum atomic E-state index is -0.732. The molecule has 1 fully saturated rings. The second-order valence-corrected chi connectivity index (χ2v) is 6.64. The molecule has 1 aliphatic rings. The van der Waals surface area contributed by atoms with Gasteiger partial charge in [0, 0.05) is 24.4 Å². The van der Waals surface area contributed by atoms with Crippen molar-refractivity contribution in [1.82, 2.24) is 10.3 Å². The molecular weight excluding hydrogens is 360 g/mol. The minimum Gasteiger partial charge on any atom is -0.462 e. The molecule has 3 rings (SSSR count). The Morgan fingerprint density at radius 3 is 2.64 bits per heavy atom. The van der Waals surface area contributed by atoms with Crippen molar-refractivity contribution in [2.75, 3.05) is 19.8 Å². The Kier molecular flexibility index (Phi) is 6.26. The van der Waals surface area contributed by atoms with Crippen molar-refractivity contribution in [3.05, 3.63) is 47.3 Å². The van der Waals surface area contributed by atoms with Gasteiger partial charge in [0.2, 0.25) is 0 Å². The number of aromatic nitrogens is 1. The number of esters is 1. The number of carbonyl (C=O) groups is 3. The molecule has 0 spiro atoms. The number of hydrogen-bond acceptors (Lipinski definition) is 5. The molecule has 7 nitrogen and oxygen atoms in total. The van der Waals surface area contributed by atoms with Gasteiger partial charge in [-0.1, -0.05) is 30.3 Å². The van der Waals surface area contributed by atoms with Crippen molar-refractivity contribution in [3.63, 3.8) is 0 Å². The summed E-state index contributed by atoms with van der Waals surface area (Å²) in [5.41, 5.74) is 1.87. The lowest BCUT2D eigenvalue weighted by molar-refractivity contribution is -0.117. The van der Waals surface area contributed by atoms with Gasteiger partial charge in [-0.2, -0.15) is 0 Å². The van der Waals surface area contributed by atoms with E-state index in [2.05, 4.69) is 10.3 Å². The van der Waals surface area contributed by atoms with Crippen LogP contribution in [0.5, 0.6) is 0 Å². The largest absolute Gasteiger partial charge is 0.462 e. The van der Waals surface area contributed by atoms with Crippen molar-refractivity contribution >= 4 is 17.7 Å². The molecule has 0 aliphatic carbocycles. The molecule has 148 valence electrons. The highest BCUT2D eigenvalue weighted by atomic mass is 16.5. The van der Waals surface area contributed by atoms with E-state index in [-0.39, 0.29) is 30.5 Å². The van der Waals surface area contributed by atoms with Crippen LogP contribution < -0.4 is 5.32 Å². The van der Waals surface area contributed by atoms with Gasteiger partial charge in [0.15, 0.2) is 0 Å². The second kappa shape index (κ2) is 8.84. The average Bonchev–Trinajstić information content (AvgIpc) is 3.34. The molecule has 2 N–H and O–H groups in total. The first kappa shape index (κ1) is 19.8. The molecule has 1 aliphatic heterocycles. The van der Waals surface area contributed by atoms with Crippen LogP contribution in [0.1, 0.15) is 46.3 Å². The number of carbonyl (C=O) groups excluding carboxylic acids is 3. The summed E-state index contributed by atoms with van der Waals surface area (Å²) in [6.07, 6.45) is 1.75. The molecule has 7 heteroatoms. The fourth-order valence-electron chi connectivity index (χ4n) is 3.35. The minimum absolute atomic E-state index is 0.0641. The Hall–Kier alpha value is -2.93. The van der Waals surface area contributed by atoms with Crippen LogP contribution in [0.3, 0.4) is 0 Å². The molecule has 0 saturated carbocycles. The van der Waals surface area contributed by atoms with Gasteiger partial charge in [0.25, 0.3) is 11.7 Å². The average molecular weight is 384 g/mol. The first-order chi connectivity index (χ1) is 13.5. The van der Waals surface area contributed by atoms with Crippen molar-refractivity contribution in [2.24, 2.45) is 0 Å². The molecule has 0 unspecified atom stereocenters. The van der Waals surface area contributed by atoms with Gasteiger partial charge in [0.05, 0.1) is 18.3 Å². The zero-order chi connectivity index (χ0) is 20.1. The number of hydrogen-bond donors (Lipinski definition) is 2. The SMILES string of the molecule is CCOC(=O)c1c(C)[nH]c(C(=O)C(=O)NC[C@H]2CCCO2)c1-c1ccccc1. The van der Waals surface area contributed by atoms with Gasteiger partial charge < -0.3 is 19.8 Å². The highest BCUT2D eigenvalue weighted by Crippen LogP contribution is 2.31. The summed E-state index contributed by atoms with van der Waals surface area (Å²) in [6, 6.07) is 9.01. The monoisotopic (exact) mass is 384 g/mol. The maximum absolute atomic E-state index is 12.9. The second-order valence-electron chi connectivity index (χ2n) is 6.64. The number of amides is 1. The molecule has 1 aromatic heterocycles. The number of rotatable bonds is 7. The smallest absolute Gasteiger partial charge is 0.340 e. The maximum Gasteiger partial charge on any atom is 0.340 e. The highest BCUT2D eigenvalue weighted by molar-refractivity contribution is 6.43. The predicted molar refractivity (Wildman–Crippen MR) is 103 cm³/mol. The normalized spacial score (nSPS) is 16.0. The summed E-state index contributed by atoms with van der Waals surface area (Å²) < 4.78 is 10.6. The summed E-state index contributed by atoms with van der Waals surface area (Å²) in [5, 5.41) is 2.63. The van der Waals surface area contributed by atoms with Crippen LogP contribution in [-0.2, 0) is 14.3 Å². The summed E-state index contributed by atoms with van der Waals surface area (Å²) in [6.45, 7) is 4.57. The van der Waals surface area contributed by atoms with E-state index in [1.165, 1.54) is 0 Å². The molecular formula is C21H24N2O5. The number of nitrogens with one attached hydrogen (secondary N) is 2. The number of ether oxygens (including phenoxy) is 2. The number of aromatic amines is 1. The Morgan fingerprint density at radius 2 is 2.00 bits per heavy atom. The van der Waals surface area contributed by atoms with Crippen molar-refractivity contribution in [3.8, 4) is 11.1 Å². The third kappa shape index (κ3) is 4.14. The first-order valence-corrected chi connectivity index (χ1v) is 9.42. The van der Waals surface area contributed by atoms with E-state index in [1.807, 2.05) is 6.07 Å². The molecule has 1 amide bonds. The van der Waals surface area contributed by atoms with Gasteiger partial charge in [0.1, 0.15) is 5.69 Å². The zero-order valence-corrected chi connectivity index (χ0v) is 16.0. The highest BCUT2D eigenvalue weighted by Gasteiger charge is 2.30. The van der Waals surface area contributed by atoms with Crippen LogP contribution in [0.4, 0.5) is 0 Å². The van der Waals surface area contributed by atoms with Crippen LogP contribution in [0.15, 0.2) is 30.3 Å². The summed E-state index contributed by atoms with van der Waals surface area (Å²) in [4.78, 5) is 40.7. The summed E-state index contributed by atoms with van der Waals surface area (Å²) in [5.74, 6) is -1.99. The molecule has 2 aromatic rings.